The number of hydrogen-bond donors (Lipinski definition) is 3. The van der Waals surface area contributed by atoms with E-state index in [1.165, 1.54) is 0 Å². The van der Waals surface area contributed by atoms with Gasteiger partial charge in [-0.05, 0) is 12.8 Å². The highest BCUT2D eigenvalue weighted by Crippen LogP contribution is 2.11. The lowest BCUT2D eigenvalue weighted by atomic mass is 10.0. The molecule has 0 rings (SSSR count). The molecule has 2 unspecified atom stereocenters. The van der Waals surface area contributed by atoms with Gasteiger partial charge >= 0.3 is 11.9 Å². The molecule has 7 nitrogen and oxygen atoms in total. The lowest BCUT2D eigenvalue weighted by Gasteiger charge is -2.14. The smallest absolute Gasteiger partial charge is 0.316 e. The zero-order valence-corrected chi connectivity index (χ0v) is 13.6. The minimum Gasteiger partial charge on any atom is -0.481 e. The fourth-order valence-corrected chi connectivity index (χ4v) is 1.72. The van der Waals surface area contributed by atoms with Crippen LogP contribution < -0.4 is 0 Å². The second kappa shape index (κ2) is 14.5. The van der Waals surface area contributed by atoms with E-state index >= 15 is 0 Å². The summed E-state index contributed by atoms with van der Waals surface area (Å²) in [5.74, 6) is -2.28. The van der Waals surface area contributed by atoms with Crippen LogP contribution in [0, 0.1) is 0 Å². The number of ether oxygens (including phenoxy) is 1. The summed E-state index contributed by atoms with van der Waals surface area (Å²) in [5.41, 5.74) is 0. The molecule has 0 aliphatic rings. The quantitative estimate of drug-likeness (QED) is 0.335. The minimum atomic E-state index is -0.960. The molecule has 0 aromatic carbocycles. The number of esters is 2. The van der Waals surface area contributed by atoms with Crippen LogP contribution in [0.5, 0.6) is 0 Å². The zero-order valence-electron chi connectivity index (χ0n) is 13.6. The van der Waals surface area contributed by atoms with Crippen LogP contribution in [0.25, 0.3) is 0 Å². The van der Waals surface area contributed by atoms with Crippen molar-refractivity contribution in [2.75, 3.05) is 0 Å². The normalized spacial score (nSPS) is 12.6. The Labute approximate surface area is 131 Å². The van der Waals surface area contributed by atoms with Gasteiger partial charge < -0.3 is 20.1 Å². The van der Waals surface area contributed by atoms with E-state index in [0.29, 0.717) is 6.42 Å². The highest BCUT2D eigenvalue weighted by molar-refractivity contribution is 5.84. The van der Waals surface area contributed by atoms with Gasteiger partial charge in [0.1, 0.15) is 0 Å². The van der Waals surface area contributed by atoms with Gasteiger partial charge in [-0.2, -0.15) is 0 Å². The van der Waals surface area contributed by atoms with E-state index < -0.39 is 30.1 Å². The van der Waals surface area contributed by atoms with Gasteiger partial charge in [0.15, 0.2) is 0 Å². The van der Waals surface area contributed by atoms with Gasteiger partial charge in [0.2, 0.25) is 0 Å². The minimum absolute atomic E-state index is 0.138. The molecular weight excluding hydrogens is 292 g/mol. The molecule has 2 atom stereocenters. The van der Waals surface area contributed by atoms with Crippen LogP contribution in [0.2, 0.25) is 0 Å². The largest absolute Gasteiger partial charge is 0.481 e. The topological polar surface area (TPSA) is 121 Å². The van der Waals surface area contributed by atoms with Crippen LogP contribution in [0.15, 0.2) is 0 Å². The van der Waals surface area contributed by atoms with E-state index in [4.69, 9.17) is 9.90 Å². The van der Waals surface area contributed by atoms with Gasteiger partial charge in [0.05, 0.1) is 18.6 Å². The van der Waals surface area contributed by atoms with Gasteiger partial charge in [-0.25, -0.2) is 0 Å². The molecule has 0 heterocycles. The van der Waals surface area contributed by atoms with E-state index in [9.17, 15) is 19.8 Å². The fourth-order valence-electron chi connectivity index (χ4n) is 1.72. The Morgan fingerprint density at radius 2 is 1.55 bits per heavy atom. The first-order valence-electron chi connectivity index (χ1n) is 7.45. The van der Waals surface area contributed by atoms with Crippen molar-refractivity contribution in [3.05, 3.63) is 0 Å². The Bertz CT molecular complexity index is 324. The molecule has 0 aromatic heterocycles. The van der Waals surface area contributed by atoms with Crippen molar-refractivity contribution in [1.82, 2.24) is 0 Å². The molecule has 3 N–H and O–H groups in total. The first-order chi connectivity index (χ1) is 10.2. The Balaban J connectivity index is 0. The Kier molecular flexibility index (Phi) is 15.0. The first-order valence-corrected chi connectivity index (χ1v) is 7.45. The van der Waals surface area contributed by atoms with Crippen LogP contribution >= 0.6 is 0 Å². The average molecular weight is 320 g/mol. The van der Waals surface area contributed by atoms with Crippen molar-refractivity contribution in [1.29, 1.82) is 0 Å². The summed E-state index contributed by atoms with van der Waals surface area (Å²) in [6.07, 6.45) is 3.19. The SMILES string of the molecule is CC(=O)O.CCCCCCC(O)CC(O)CC(=O)OC(C)=O. The van der Waals surface area contributed by atoms with Crippen molar-refractivity contribution in [3.63, 3.8) is 0 Å². The van der Waals surface area contributed by atoms with Crippen LogP contribution in [0.3, 0.4) is 0 Å². The molecule has 0 bridgehead atoms. The van der Waals surface area contributed by atoms with Gasteiger partial charge in [-0.1, -0.05) is 32.6 Å². The third-order valence-electron chi connectivity index (χ3n) is 2.59. The average Bonchev–Trinajstić information content (AvgIpc) is 2.32. The van der Waals surface area contributed by atoms with E-state index in [-0.39, 0.29) is 12.8 Å². The summed E-state index contributed by atoms with van der Waals surface area (Å²) >= 11 is 0. The standard InChI is InChI=1S/C13H24O5.C2H4O2/c1-3-4-5-6-7-11(15)8-12(16)9-13(17)18-10(2)14;1-2(3)4/h11-12,15-16H,3-9H2,1-2H3;1H3,(H,3,4). The lowest BCUT2D eigenvalue weighted by Crippen LogP contribution is -2.22. The molecule has 0 aromatic rings. The van der Waals surface area contributed by atoms with E-state index in [2.05, 4.69) is 11.7 Å². The van der Waals surface area contributed by atoms with Crippen LogP contribution in [-0.2, 0) is 19.1 Å². The van der Waals surface area contributed by atoms with Crippen molar-refractivity contribution < 1.29 is 34.4 Å². The number of carboxylic acids is 1. The molecule has 0 saturated carbocycles. The molecule has 0 saturated heterocycles. The maximum Gasteiger partial charge on any atom is 0.316 e. The maximum atomic E-state index is 11.1. The highest BCUT2D eigenvalue weighted by atomic mass is 16.6. The summed E-state index contributed by atoms with van der Waals surface area (Å²) < 4.78 is 4.30. The molecule has 0 aliphatic carbocycles. The van der Waals surface area contributed by atoms with E-state index in [0.717, 1.165) is 39.5 Å². The number of hydrogen-bond acceptors (Lipinski definition) is 6. The maximum absolute atomic E-state index is 11.1. The molecule has 0 radical (unpaired) electrons. The number of carboxylic acid groups (broad SMARTS) is 1. The predicted octanol–water partition coefficient (Wildman–Crippen LogP) is 1.64. The summed E-state index contributed by atoms with van der Waals surface area (Å²) in [7, 11) is 0. The summed E-state index contributed by atoms with van der Waals surface area (Å²) in [4.78, 5) is 30.5. The second-order valence-corrected chi connectivity index (χ2v) is 5.08. The zero-order chi connectivity index (χ0) is 17.5. The van der Waals surface area contributed by atoms with Crippen LogP contribution in [0.1, 0.15) is 65.7 Å². The number of rotatable bonds is 9. The van der Waals surface area contributed by atoms with Gasteiger partial charge in [0, 0.05) is 13.8 Å². The lowest BCUT2D eigenvalue weighted by molar-refractivity contribution is -0.159. The number of aliphatic hydroxyl groups is 2. The third kappa shape index (κ3) is 20.8. The van der Waals surface area contributed by atoms with Crippen molar-refractivity contribution in [2.45, 2.75) is 77.9 Å². The molecule has 130 valence electrons. The van der Waals surface area contributed by atoms with E-state index in [1.54, 1.807) is 0 Å². The molecule has 0 spiro atoms. The first kappa shape index (κ1) is 22.8. The van der Waals surface area contributed by atoms with Crippen molar-refractivity contribution in [3.8, 4) is 0 Å². The summed E-state index contributed by atoms with van der Waals surface area (Å²) in [5, 5.41) is 26.6. The van der Waals surface area contributed by atoms with Crippen LogP contribution in [-0.4, -0.2) is 45.4 Å². The van der Waals surface area contributed by atoms with Gasteiger partial charge in [-0.15, -0.1) is 0 Å². The molecule has 22 heavy (non-hydrogen) atoms. The number of unbranched alkanes of at least 4 members (excludes halogenated alkanes) is 3. The molecule has 0 fully saturated rings. The van der Waals surface area contributed by atoms with Crippen molar-refractivity contribution in [2.24, 2.45) is 0 Å². The molecular formula is C15H28O7. The Hall–Kier alpha value is -1.47. The van der Waals surface area contributed by atoms with Crippen molar-refractivity contribution >= 4 is 17.9 Å². The fraction of sp³-hybridized carbons (Fsp3) is 0.800. The van der Waals surface area contributed by atoms with E-state index in [1.807, 2.05) is 0 Å². The third-order valence-corrected chi connectivity index (χ3v) is 2.59. The Morgan fingerprint density at radius 3 is 2.00 bits per heavy atom. The highest BCUT2D eigenvalue weighted by Gasteiger charge is 2.17. The number of aliphatic hydroxyl groups excluding tert-OH is 2. The number of carbonyl (C=O) groups excluding carboxylic acids is 2. The molecule has 0 aliphatic heterocycles. The second-order valence-electron chi connectivity index (χ2n) is 5.08. The summed E-state index contributed by atoms with van der Waals surface area (Å²) in [6, 6.07) is 0. The van der Waals surface area contributed by atoms with Crippen LogP contribution in [0.4, 0.5) is 0 Å². The number of carbonyl (C=O) groups is 3. The van der Waals surface area contributed by atoms with Gasteiger partial charge in [-0.3, -0.25) is 14.4 Å². The predicted molar refractivity (Wildman–Crippen MR) is 80.1 cm³/mol. The summed E-state index contributed by atoms with van der Waals surface area (Å²) in [6.45, 7) is 4.33. The monoisotopic (exact) mass is 320 g/mol. The molecule has 0 amide bonds. The number of aliphatic carboxylic acids is 1. The Morgan fingerprint density at radius 1 is 1.00 bits per heavy atom. The van der Waals surface area contributed by atoms with Gasteiger partial charge in [0.25, 0.3) is 5.97 Å². The molecule has 7 heteroatoms.